The maximum absolute atomic E-state index is 17.5. The van der Waals surface area contributed by atoms with E-state index in [0.717, 1.165) is 0 Å². The van der Waals surface area contributed by atoms with Crippen LogP contribution in [0.25, 0.3) is 0 Å². The molecule has 2 unspecified atom stereocenters. The van der Waals surface area contributed by atoms with E-state index in [1.54, 1.807) is 40.7 Å². The van der Waals surface area contributed by atoms with E-state index in [2.05, 4.69) is 5.32 Å². The fraction of sp³-hybridized carbons (Fsp3) is 0.841. The first-order chi connectivity index (χ1) is 26.7. The van der Waals surface area contributed by atoms with Gasteiger partial charge in [0.25, 0.3) is 5.91 Å². The van der Waals surface area contributed by atoms with Crippen molar-refractivity contribution in [3.8, 4) is 0 Å². The zero-order chi connectivity index (χ0) is 43.6. The predicted molar refractivity (Wildman–Crippen MR) is 214 cm³/mol. The van der Waals surface area contributed by atoms with Gasteiger partial charge in [-0.15, -0.1) is 0 Å². The number of carbonyl (C=O) groups is 3. The van der Waals surface area contributed by atoms with E-state index < -0.39 is 105 Å². The van der Waals surface area contributed by atoms with Crippen molar-refractivity contribution in [2.75, 3.05) is 19.6 Å². The van der Waals surface area contributed by atoms with Crippen molar-refractivity contribution in [3.63, 3.8) is 0 Å². The minimum absolute atomic E-state index is 0.0956. The Kier molecular flexibility index (Phi) is 13.3. The highest BCUT2D eigenvalue weighted by Crippen LogP contribution is 2.69. The lowest BCUT2D eigenvalue weighted by molar-refractivity contribution is -0.217. The molecule has 1 aliphatic heterocycles. The number of alkyl halides is 1. The number of allylic oxidation sites excluding steroid dienone is 4. The molecule has 5 aliphatic rings. The Balaban J connectivity index is 1.31. The van der Waals surface area contributed by atoms with Crippen LogP contribution in [0.5, 0.6) is 0 Å². The van der Waals surface area contributed by atoms with E-state index in [1.165, 1.54) is 32.9 Å². The summed E-state index contributed by atoms with van der Waals surface area (Å²) in [6.07, 6.45) is -0.607. The van der Waals surface area contributed by atoms with Crippen LogP contribution in [0, 0.1) is 40.4 Å². The number of hydrogen-bond acceptors (Lipinski definition) is 12. The van der Waals surface area contributed by atoms with Crippen molar-refractivity contribution in [2.24, 2.45) is 40.4 Å². The summed E-state index contributed by atoms with van der Waals surface area (Å²) >= 11 is 0. The SMILES string of the molecule is CC[C@H]1OC(=O)[C@H](C)[C@@H](O)[C@H](C)[C@@H](O)[C@](C)(O)C[C@@H](C)CN(CCCNC(=O)[C@@]2(O)CCC3C4CCC5=CC(=O)C=C[C@]5(C)[C@@]4(F)[C@@H](O)C[C@@]32C)[C@H](C)[C@@H](O)[C@]1(C)O. The number of halogens is 1. The lowest BCUT2D eigenvalue weighted by atomic mass is 9.45. The fourth-order valence-electron chi connectivity index (χ4n) is 12.1. The summed E-state index contributed by atoms with van der Waals surface area (Å²) in [7, 11) is 0. The molecule has 1 amide bonds. The Labute approximate surface area is 343 Å². The van der Waals surface area contributed by atoms with E-state index in [0.29, 0.717) is 44.3 Å². The second-order valence-corrected chi connectivity index (χ2v) is 19.8. The molecule has 0 aromatic carbocycles. The van der Waals surface area contributed by atoms with Crippen molar-refractivity contribution in [1.82, 2.24) is 10.2 Å². The molecule has 0 bridgehead atoms. The molecule has 13 nitrogen and oxygen atoms in total. The van der Waals surface area contributed by atoms with E-state index in [1.807, 2.05) is 11.8 Å². The fourth-order valence-corrected chi connectivity index (χ4v) is 12.1. The number of esters is 1. The number of hydrogen-bond donors (Lipinski definition) is 8. The van der Waals surface area contributed by atoms with E-state index in [9.17, 15) is 50.1 Å². The average Bonchev–Trinajstić information content (AvgIpc) is 3.42. The van der Waals surface area contributed by atoms with Gasteiger partial charge in [0.15, 0.2) is 11.5 Å². The van der Waals surface area contributed by atoms with Gasteiger partial charge in [-0.1, -0.05) is 39.3 Å². The molecule has 4 fully saturated rings. The van der Waals surface area contributed by atoms with E-state index in [-0.39, 0.29) is 43.9 Å². The molecule has 58 heavy (non-hydrogen) atoms. The van der Waals surface area contributed by atoms with Crippen LogP contribution in [0.4, 0.5) is 4.39 Å². The van der Waals surface area contributed by atoms with Gasteiger partial charge in [-0.25, -0.2) is 4.39 Å². The number of ketones is 1. The molecule has 0 radical (unpaired) electrons. The van der Waals surface area contributed by atoms with Gasteiger partial charge in [-0.3, -0.25) is 19.3 Å². The number of nitrogens with one attached hydrogen (secondary N) is 1. The Morgan fingerprint density at radius 3 is 2.26 bits per heavy atom. The van der Waals surface area contributed by atoms with Gasteiger partial charge in [0.2, 0.25) is 0 Å². The van der Waals surface area contributed by atoms with Crippen LogP contribution in [0.3, 0.4) is 0 Å². The van der Waals surface area contributed by atoms with Crippen LogP contribution >= 0.6 is 0 Å². The molecule has 3 saturated carbocycles. The molecule has 0 spiro atoms. The van der Waals surface area contributed by atoms with Crippen molar-refractivity contribution < 1.29 is 59.3 Å². The summed E-state index contributed by atoms with van der Waals surface area (Å²) in [4.78, 5) is 41.3. The molecule has 0 aromatic heterocycles. The average molecular weight is 823 g/mol. The third kappa shape index (κ3) is 7.64. The number of carbonyl (C=O) groups excluding carboxylic acids is 3. The maximum atomic E-state index is 17.5. The number of ether oxygens (including phenoxy) is 1. The van der Waals surface area contributed by atoms with Crippen LogP contribution < -0.4 is 5.32 Å². The summed E-state index contributed by atoms with van der Waals surface area (Å²) in [6, 6.07) is -0.726. The van der Waals surface area contributed by atoms with Gasteiger partial charge >= 0.3 is 5.97 Å². The molecule has 14 heteroatoms. The summed E-state index contributed by atoms with van der Waals surface area (Å²) in [5.41, 5.74) is -9.18. The van der Waals surface area contributed by atoms with Gasteiger partial charge in [-0.2, -0.15) is 0 Å². The molecule has 1 heterocycles. The van der Waals surface area contributed by atoms with Crippen molar-refractivity contribution in [2.45, 2.75) is 173 Å². The minimum Gasteiger partial charge on any atom is -0.459 e. The first kappa shape index (κ1) is 46.8. The monoisotopic (exact) mass is 823 g/mol. The summed E-state index contributed by atoms with van der Waals surface area (Å²) < 4.78 is 23.2. The number of rotatable bonds is 6. The van der Waals surface area contributed by atoms with E-state index >= 15 is 4.39 Å². The number of aliphatic hydroxyl groups is 7. The number of fused-ring (bicyclic) bond motifs is 5. The molecule has 1 saturated heterocycles. The third-order valence-corrected chi connectivity index (χ3v) is 15.9. The van der Waals surface area contributed by atoms with Crippen LogP contribution in [-0.2, 0) is 19.1 Å². The highest BCUT2D eigenvalue weighted by molar-refractivity contribution is 6.01. The Morgan fingerprint density at radius 1 is 0.966 bits per heavy atom. The summed E-state index contributed by atoms with van der Waals surface area (Å²) in [5.74, 6) is -4.96. The highest BCUT2D eigenvalue weighted by atomic mass is 19.1. The summed E-state index contributed by atoms with van der Waals surface area (Å²) in [6.45, 7) is 15.4. The van der Waals surface area contributed by atoms with Gasteiger partial charge in [0.05, 0.1) is 29.8 Å². The molecule has 4 aliphatic carbocycles. The lowest BCUT2D eigenvalue weighted by Gasteiger charge is -2.62. The Morgan fingerprint density at radius 2 is 1.62 bits per heavy atom. The van der Waals surface area contributed by atoms with Crippen molar-refractivity contribution in [3.05, 3.63) is 23.8 Å². The number of nitrogens with zero attached hydrogens (tertiary/aromatic N) is 1. The van der Waals surface area contributed by atoms with Crippen LogP contribution in [0.15, 0.2) is 23.8 Å². The number of aliphatic hydroxyl groups excluding tert-OH is 4. The predicted octanol–water partition coefficient (Wildman–Crippen LogP) is 2.50. The van der Waals surface area contributed by atoms with Gasteiger partial charge in [0.1, 0.15) is 23.4 Å². The Hall–Kier alpha value is -2.30. The molecule has 17 atom stereocenters. The molecule has 330 valence electrons. The molecule has 8 N–H and O–H groups in total. The number of cyclic esters (lactones) is 1. The van der Waals surface area contributed by atoms with E-state index in [4.69, 9.17) is 4.74 Å². The van der Waals surface area contributed by atoms with Gasteiger partial charge in [-0.05, 0) is 110 Å². The molecular weight excluding hydrogens is 751 g/mol. The van der Waals surface area contributed by atoms with Crippen molar-refractivity contribution >= 4 is 17.7 Å². The summed E-state index contributed by atoms with van der Waals surface area (Å²) in [5, 5.41) is 83.9. The standard InChI is InChI=1S/C44H71FN2O11/c1-10-33-42(9,56)36(52)27(5)47(23-24(2)21-41(8,55)35(51)25(3)34(50)26(4)37(53)58-33)19-11-18-46-38(54)43(57)17-15-30-31-13-12-28-20-29(48)14-16-39(28,6)44(31,45)32(49)22-40(30,43)7/h14,16,20,24-27,30-36,49-52,55-57H,10-13,15,17-19,21-23H2,1-9H3,(H,46,54)/t24-,25+,26-,27-,30?,31?,32+,33-,34+,35-,36-,39+,40+,41-,42-,43+,44+/m1/s1. The maximum Gasteiger partial charge on any atom is 0.311 e. The molecular formula is C44H71FN2O11. The molecule has 5 rings (SSSR count). The van der Waals surface area contributed by atoms with Gasteiger partial charge < -0.3 is 45.8 Å². The molecule has 0 aromatic rings. The largest absolute Gasteiger partial charge is 0.459 e. The van der Waals surface area contributed by atoms with Crippen LogP contribution in [0.2, 0.25) is 0 Å². The normalized spacial score (nSPS) is 49.4. The van der Waals surface area contributed by atoms with Crippen LogP contribution in [-0.4, -0.2) is 137 Å². The second-order valence-electron chi connectivity index (χ2n) is 19.8. The smallest absolute Gasteiger partial charge is 0.311 e. The Bertz CT molecular complexity index is 1620. The van der Waals surface area contributed by atoms with Gasteiger partial charge in [0, 0.05) is 48.3 Å². The topological polar surface area (TPSA) is 217 Å². The zero-order valence-corrected chi connectivity index (χ0v) is 35.9. The zero-order valence-electron chi connectivity index (χ0n) is 35.9. The van der Waals surface area contributed by atoms with Crippen molar-refractivity contribution in [1.29, 1.82) is 0 Å². The third-order valence-electron chi connectivity index (χ3n) is 15.9. The highest BCUT2D eigenvalue weighted by Gasteiger charge is 2.74. The first-order valence-corrected chi connectivity index (χ1v) is 21.5. The first-order valence-electron chi connectivity index (χ1n) is 21.5. The second kappa shape index (κ2) is 16.5. The van der Waals surface area contributed by atoms with Crippen LogP contribution in [0.1, 0.15) is 114 Å². The quantitative estimate of drug-likeness (QED) is 0.143. The lowest BCUT2D eigenvalue weighted by Crippen LogP contribution is -2.69. The number of amides is 1. The minimum atomic E-state index is -2.08.